The highest BCUT2D eigenvalue weighted by molar-refractivity contribution is 5.87. The molecule has 1 unspecified atom stereocenters. The average Bonchev–Trinajstić information content (AvgIpc) is 2.83. The van der Waals surface area contributed by atoms with Gasteiger partial charge in [-0.1, -0.05) is 48.5 Å². The van der Waals surface area contributed by atoms with Gasteiger partial charge in [0.15, 0.2) is 0 Å². The Bertz CT molecular complexity index is 1020. The van der Waals surface area contributed by atoms with Crippen molar-refractivity contribution in [2.75, 3.05) is 19.7 Å². The van der Waals surface area contributed by atoms with E-state index in [9.17, 15) is 15.0 Å². The summed E-state index contributed by atoms with van der Waals surface area (Å²) in [4.78, 5) is 11.2. The van der Waals surface area contributed by atoms with Gasteiger partial charge in [0.1, 0.15) is 30.3 Å². The third-order valence-corrected chi connectivity index (χ3v) is 5.64. The predicted octanol–water partition coefficient (Wildman–Crippen LogP) is 3.50. The van der Waals surface area contributed by atoms with Crippen LogP contribution in [-0.2, 0) is 6.42 Å². The van der Waals surface area contributed by atoms with Gasteiger partial charge in [-0.2, -0.15) is 0 Å². The van der Waals surface area contributed by atoms with Gasteiger partial charge in [-0.15, -0.1) is 0 Å². The molecule has 6 heteroatoms. The molecule has 0 saturated carbocycles. The summed E-state index contributed by atoms with van der Waals surface area (Å²) in [5.41, 5.74) is 2.43. The van der Waals surface area contributed by atoms with Crippen LogP contribution in [0.15, 0.2) is 78.9 Å². The summed E-state index contributed by atoms with van der Waals surface area (Å²) in [6, 6.07) is 24.4. The summed E-state index contributed by atoms with van der Waals surface area (Å²) in [7, 11) is 0. The minimum atomic E-state index is -0.938. The molecule has 0 fully saturated rings. The van der Waals surface area contributed by atoms with Crippen molar-refractivity contribution < 1.29 is 24.5 Å². The van der Waals surface area contributed by atoms with Gasteiger partial charge in [-0.25, -0.2) is 4.79 Å². The minimum absolute atomic E-state index is 0.0676. The molecule has 3 atom stereocenters. The van der Waals surface area contributed by atoms with E-state index in [1.165, 1.54) is 0 Å². The molecule has 1 aliphatic heterocycles. The van der Waals surface area contributed by atoms with Crippen molar-refractivity contribution in [1.29, 1.82) is 0 Å². The Morgan fingerprint density at radius 2 is 1.75 bits per heavy atom. The highest BCUT2D eigenvalue weighted by Gasteiger charge is 2.31. The SMILES string of the molecule is O=C(O)c1ccc(C2Cc3ccccc3O[C@H]2CNC[C@H](O)COc2ccccc2)cc1. The smallest absolute Gasteiger partial charge is 0.335 e. The molecule has 0 bridgehead atoms. The molecule has 0 aliphatic carbocycles. The maximum atomic E-state index is 11.2. The van der Waals surface area contributed by atoms with E-state index in [-0.39, 0.29) is 24.2 Å². The fourth-order valence-electron chi connectivity index (χ4n) is 3.95. The molecule has 0 aromatic heterocycles. The van der Waals surface area contributed by atoms with E-state index in [2.05, 4.69) is 11.4 Å². The number of rotatable bonds is 9. The summed E-state index contributed by atoms with van der Waals surface area (Å²) in [6.45, 7) is 1.12. The molecule has 0 spiro atoms. The molecule has 0 radical (unpaired) electrons. The second kappa shape index (κ2) is 10.3. The Morgan fingerprint density at radius 1 is 1.03 bits per heavy atom. The van der Waals surface area contributed by atoms with Crippen molar-refractivity contribution >= 4 is 5.97 Å². The fourth-order valence-corrected chi connectivity index (χ4v) is 3.95. The van der Waals surface area contributed by atoms with E-state index in [1.54, 1.807) is 12.1 Å². The van der Waals surface area contributed by atoms with Crippen LogP contribution in [0.2, 0.25) is 0 Å². The number of nitrogens with one attached hydrogen (secondary N) is 1. The van der Waals surface area contributed by atoms with Crippen molar-refractivity contribution in [2.45, 2.75) is 24.5 Å². The molecule has 1 aliphatic rings. The average molecular weight is 434 g/mol. The van der Waals surface area contributed by atoms with Gasteiger partial charge < -0.3 is 25.0 Å². The maximum Gasteiger partial charge on any atom is 0.335 e. The van der Waals surface area contributed by atoms with Crippen molar-refractivity contribution in [3.63, 3.8) is 0 Å². The Kier molecular flexibility index (Phi) is 7.04. The number of carbonyl (C=O) groups is 1. The zero-order valence-corrected chi connectivity index (χ0v) is 17.7. The molecule has 6 nitrogen and oxygen atoms in total. The van der Waals surface area contributed by atoms with E-state index in [0.717, 1.165) is 29.0 Å². The first-order chi connectivity index (χ1) is 15.6. The van der Waals surface area contributed by atoms with Gasteiger partial charge in [-0.05, 0) is 47.9 Å². The van der Waals surface area contributed by atoms with Crippen LogP contribution in [0.4, 0.5) is 0 Å². The van der Waals surface area contributed by atoms with Gasteiger partial charge in [0.05, 0.1) is 5.56 Å². The number of para-hydroxylation sites is 2. The summed E-state index contributed by atoms with van der Waals surface area (Å²) >= 11 is 0. The molecule has 0 saturated heterocycles. The molecule has 3 N–H and O–H groups in total. The molecule has 32 heavy (non-hydrogen) atoms. The number of carboxylic acids is 1. The predicted molar refractivity (Wildman–Crippen MR) is 122 cm³/mol. The highest BCUT2D eigenvalue weighted by atomic mass is 16.5. The van der Waals surface area contributed by atoms with Gasteiger partial charge >= 0.3 is 5.97 Å². The lowest BCUT2D eigenvalue weighted by atomic mass is 9.84. The summed E-state index contributed by atoms with van der Waals surface area (Å²) in [5, 5.41) is 22.8. The first kappa shape index (κ1) is 21.9. The van der Waals surface area contributed by atoms with E-state index in [1.807, 2.05) is 60.7 Å². The number of aliphatic hydroxyl groups is 1. The lowest BCUT2D eigenvalue weighted by Gasteiger charge is -2.34. The summed E-state index contributed by atoms with van der Waals surface area (Å²) < 4.78 is 11.9. The first-order valence-corrected chi connectivity index (χ1v) is 10.7. The normalized spacial score (nSPS) is 18.3. The fraction of sp³-hybridized carbons (Fsp3) is 0.269. The van der Waals surface area contributed by atoms with E-state index >= 15 is 0 Å². The van der Waals surface area contributed by atoms with Crippen LogP contribution >= 0.6 is 0 Å². The van der Waals surface area contributed by atoms with Crippen LogP contribution in [0.3, 0.4) is 0 Å². The molecule has 166 valence electrons. The van der Waals surface area contributed by atoms with Crippen molar-refractivity contribution in [2.24, 2.45) is 0 Å². The molecule has 0 amide bonds. The number of hydrogen-bond donors (Lipinski definition) is 3. The number of carboxylic acid groups (broad SMARTS) is 1. The Balaban J connectivity index is 1.38. The van der Waals surface area contributed by atoms with Crippen LogP contribution < -0.4 is 14.8 Å². The molecule has 4 rings (SSSR count). The minimum Gasteiger partial charge on any atom is -0.491 e. The second-order valence-corrected chi connectivity index (χ2v) is 7.94. The van der Waals surface area contributed by atoms with E-state index < -0.39 is 12.1 Å². The maximum absolute atomic E-state index is 11.2. The number of benzene rings is 3. The monoisotopic (exact) mass is 433 g/mol. The van der Waals surface area contributed by atoms with Crippen molar-refractivity contribution in [3.05, 3.63) is 95.6 Å². The Labute approximate surface area is 187 Å². The summed E-state index contributed by atoms with van der Waals surface area (Å²) in [6.07, 6.45) is -0.00331. The van der Waals surface area contributed by atoms with E-state index in [0.29, 0.717) is 13.1 Å². The van der Waals surface area contributed by atoms with Crippen LogP contribution in [-0.4, -0.2) is 48.1 Å². The highest BCUT2D eigenvalue weighted by Crippen LogP contribution is 2.36. The second-order valence-electron chi connectivity index (χ2n) is 7.94. The number of aliphatic hydroxyl groups excluding tert-OH is 1. The largest absolute Gasteiger partial charge is 0.491 e. The van der Waals surface area contributed by atoms with Crippen LogP contribution in [0.5, 0.6) is 11.5 Å². The molecular weight excluding hydrogens is 406 g/mol. The number of aromatic carboxylic acids is 1. The van der Waals surface area contributed by atoms with Crippen LogP contribution in [0, 0.1) is 0 Å². The lowest BCUT2D eigenvalue weighted by molar-refractivity contribution is 0.0697. The van der Waals surface area contributed by atoms with Crippen molar-refractivity contribution in [1.82, 2.24) is 5.32 Å². The third-order valence-electron chi connectivity index (χ3n) is 5.64. The van der Waals surface area contributed by atoms with Crippen LogP contribution in [0.1, 0.15) is 27.4 Å². The molecule has 3 aromatic rings. The Hall–Kier alpha value is -3.35. The molecule has 1 heterocycles. The van der Waals surface area contributed by atoms with E-state index in [4.69, 9.17) is 9.47 Å². The third kappa shape index (κ3) is 5.46. The van der Waals surface area contributed by atoms with Crippen LogP contribution in [0.25, 0.3) is 0 Å². The first-order valence-electron chi connectivity index (χ1n) is 10.7. The van der Waals surface area contributed by atoms with Gasteiger partial charge in [0.25, 0.3) is 0 Å². The van der Waals surface area contributed by atoms with Gasteiger partial charge in [-0.3, -0.25) is 0 Å². The lowest BCUT2D eigenvalue weighted by Crippen LogP contribution is -2.42. The standard InChI is InChI=1S/C26H27NO5/c28-21(17-31-22-7-2-1-3-8-22)15-27-16-25-23(14-20-6-4-5-9-24(20)32-25)18-10-12-19(13-11-18)26(29)30/h1-13,21,23,25,27-28H,14-17H2,(H,29,30)/t21-,23?,25-/m0/s1. The molecule has 3 aromatic carbocycles. The van der Waals surface area contributed by atoms with Gasteiger partial charge in [0, 0.05) is 19.0 Å². The Morgan fingerprint density at radius 3 is 2.50 bits per heavy atom. The van der Waals surface area contributed by atoms with Crippen molar-refractivity contribution in [3.8, 4) is 11.5 Å². The molecular formula is C26H27NO5. The van der Waals surface area contributed by atoms with Gasteiger partial charge in [0.2, 0.25) is 0 Å². The summed E-state index contributed by atoms with van der Waals surface area (Å²) in [5.74, 6) is 0.721. The zero-order valence-electron chi connectivity index (χ0n) is 17.7. The quantitative estimate of drug-likeness (QED) is 0.479. The number of hydrogen-bond acceptors (Lipinski definition) is 5. The zero-order chi connectivity index (χ0) is 22.3. The topological polar surface area (TPSA) is 88.0 Å². The number of ether oxygens (including phenoxy) is 2. The number of fused-ring (bicyclic) bond motifs is 1.